The van der Waals surface area contributed by atoms with E-state index < -0.39 is 0 Å². The Labute approximate surface area is 294 Å². The van der Waals surface area contributed by atoms with E-state index in [-0.39, 0.29) is 5.41 Å². The average molecular weight is 642 g/mol. The van der Waals surface area contributed by atoms with Crippen LogP contribution in [0.1, 0.15) is 48.9 Å². The van der Waals surface area contributed by atoms with E-state index in [9.17, 15) is 0 Å². The van der Waals surface area contributed by atoms with Crippen LogP contribution in [0.2, 0.25) is 0 Å². The summed E-state index contributed by atoms with van der Waals surface area (Å²) in [6.07, 6.45) is 6.63. The molecule has 0 bridgehead atoms. The molecule has 8 aromatic rings. The Morgan fingerprint density at radius 1 is 0.440 bits per heavy atom. The third-order valence-corrected chi connectivity index (χ3v) is 11.1. The van der Waals surface area contributed by atoms with Crippen LogP contribution in [0.3, 0.4) is 0 Å². The maximum atomic E-state index is 2.48. The van der Waals surface area contributed by atoms with Gasteiger partial charge in [-0.05, 0) is 92.7 Å². The summed E-state index contributed by atoms with van der Waals surface area (Å²) in [5.74, 6) is 0. The van der Waals surface area contributed by atoms with Crippen LogP contribution in [0.5, 0.6) is 0 Å². The molecule has 9 rings (SSSR count). The molecule has 0 unspecified atom stereocenters. The number of aromatic nitrogens is 1. The fourth-order valence-electron chi connectivity index (χ4n) is 8.42. The molecule has 240 valence electrons. The lowest BCUT2D eigenvalue weighted by Crippen LogP contribution is -2.23. The Kier molecular flexibility index (Phi) is 7.36. The molecule has 0 fully saturated rings. The molecule has 0 aliphatic heterocycles. The largest absolute Gasteiger partial charge is 0.309 e. The van der Waals surface area contributed by atoms with E-state index in [4.69, 9.17) is 0 Å². The molecule has 50 heavy (non-hydrogen) atoms. The van der Waals surface area contributed by atoms with Crippen LogP contribution in [-0.4, -0.2) is 4.57 Å². The van der Waals surface area contributed by atoms with Gasteiger partial charge < -0.3 is 4.57 Å². The first-order valence-electron chi connectivity index (χ1n) is 17.9. The van der Waals surface area contributed by atoms with Crippen molar-refractivity contribution in [3.63, 3.8) is 0 Å². The molecule has 0 saturated heterocycles. The minimum absolute atomic E-state index is 0.0268. The second kappa shape index (κ2) is 12.2. The number of hydrogen-bond acceptors (Lipinski definition) is 0. The molecule has 0 radical (unpaired) electrons. The minimum Gasteiger partial charge on any atom is -0.309 e. The minimum atomic E-state index is -0.0268. The predicted octanol–water partition coefficient (Wildman–Crippen LogP) is 13.4. The van der Waals surface area contributed by atoms with E-state index in [1.54, 1.807) is 0 Å². The smallest absolute Gasteiger partial charge is 0.0541 e. The summed E-state index contributed by atoms with van der Waals surface area (Å²) >= 11 is 0. The van der Waals surface area contributed by atoms with Gasteiger partial charge in [0.25, 0.3) is 0 Å². The van der Waals surface area contributed by atoms with E-state index in [0.717, 1.165) is 12.8 Å². The SMILES string of the molecule is CCC1(CC)c2cc(/C=C/c3ccc(-c4ccc(-c5ccccc5)cc4)cc3)ccc2-c2ccc(-n3c4ccccc4c4ccccc43)cc21. The zero-order valence-electron chi connectivity index (χ0n) is 28.6. The van der Waals surface area contributed by atoms with Gasteiger partial charge in [-0.25, -0.2) is 0 Å². The van der Waals surface area contributed by atoms with Crippen LogP contribution in [0, 0.1) is 0 Å². The highest BCUT2D eigenvalue weighted by Crippen LogP contribution is 2.53. The van der Waals surface area contributed by atoms with Crippen LogP contribution >= 0.6 is 0 Å². The van der Waals surface area contributed by atoms with Crippen molar-refractivity contribution in [1.82, 2.24) is 4.57 Å². The summed E-state index contributed by atoms with van der Waals surface area (Å²) in [6, 6.07) is 60.1. The van der Waals surface area contributed by atoms with Crippen molar-refractivity contribution in [2.45, 2.75) is 32.1 Å². The number of benzene rings is 7. The summed E-state index contributed by atoms with van der Waals surface area (Å²) in [6.45, 7) is 4.71. The molecule has 1 aromatic heterocycles. The maximum Gasteiger partial charge on any atom is 0.0541 e. The standard InChI is InChI=1S/C49H39N/c1-3-49(4-2)45-32-35(19-18-34-20-23-37(24-21-34)39-27-25-38(26-28-39)36-12-6-5-7-13-36)22-30-41(45)42-31-29-40(33-46(42)49)50-47-16-10-8-14-43(47)44-15-9-11-17-48(44)50/h5-33H,3-4H2,1-2H3/b19-18+. The van der Waals surface area contributed by atoms with Gasteiger partial charge in [-0.3, -0.25) is 0 Å². The monoisotopic (exact) mass is 641 g/mol. The average Bonchev–Trinajstić information content (AvgIpc) is 3.67. The summed E-state index contributed by atoms with van der Waals surface area (Å²) in [4.78, 5) is 0. The number of nitrogens with zero attached hydrogens (tertiary/aromatic N) is 1. The van der Waals surface area contributed by atoms with E-state index in [2.05, 4.69) is 194 Å². The van der Waals surface area contributed by atoms with Gasteiger partial charge in [-0.15, -0.1) is 0 Å². The fraction of sp³-hybridized carbons (Fsp3) is 0.102. The molecule has 0 N–H and O–H groups in total. The van der Waals surface area contributed by atoms with E-state index in [1.807, 2.05) is 0 Å². The van der Waals surface area contributed by atoms with Crippen molar-refractivity contribution in [3.8, 4) is 39.1 Å². The Balaban J connectivity index is 1.02. The zero-order valence-corrected chi connectivity index (χ0v) is 28.6. The highest BCUT2D eigenvalue weighted by molar-refractivity contribution is 6.09. The first-order valence-corrected chi connectivity index (χ1v) is 17.9. The number of rotatable bonds is 7. The van der Waals surface area contributed by atoms with Crippen molar-refractivity contribution in [3.05, 3.63) is 186 Å². The van der Waals surface area contributed by atoms with Gasteiger partial charge in [0.2, 0.25) is 0 Å². The molecule has 1 aliphatic carbocycles. The fourth-order valence-corrected chi connectivity index (χ4v) is 8.42. The van der Waals surface area contributed by atoms with Gasteiger partial charge >= 0.3 is 0 Å². The van der Waals surface area contributed by atoms with Gasteiger partial charge in [0, 0.05) is 21.9 Å². The van der Waals surface area contributed by atoms with Crippen molar-refractivity contribution in [1.29, 1.82) is 0 Å². The Morgan fingerprint density at radius 3 is 1.50 bits per heavy atom. The number of hydrogen-bond donors (Lipinski definition) is 0. The summed E-state index contributed by atoms with van der Waals surface area (Å²) in [5, 5.41) is 2.60. The van der Waals surface area contributed by atoms with Crippen LogP contribution in [-0.2, 0) is 5.41 Å². The zero-order chi connectivity index (χ0) is 33.7. The lowest BCUT2D eigenvalue weighted by atomic mass is 9.73. The normalized spacial score (nSPS) is 13.2. The maximum absolute atomic E-state index is 2.48. The molecule has 0 saturated carbocycles. The molecule has 0 spiro atoms. The van der Waals surface area contributed by atoms with E-state index in [1.165, 1.54) is 83.1 Å². The molecule has 1 heterocycles. The third kappa shape index (κ3) is 4.84. The Morgan fingerprint density at radius 2 is 0.900 bits per heavy atom. The number of fused-ring (bicyclic) bond motifs is 6. The highest BCUT2D eigenvalue weighted by Gasteiger charge is 2.40. The first-order chi connectivity index (χ1) is 24.7. The van der Waals surface area contributed by atoms with Gasteiger partial charge in [0.15, 0.2) is 0 Å². The summed E-state index contributed by atoms with van der Waals surface area (Å²) in [5.41, 5.74) is 16.7. The number of para-hydroxylation sites is 2. The van der Waals surface area contributed by atoms with Gasteiger partial charge in [-0.1, -0.05) is 166 Å². The molecular weight excluding hydrogens is 603 g/mol. The van der Waals surface area contributed by atoms with Gasteiger partial charge in [0.1, 0.15) is 0 Å². The van der Waals surface area contributed by atoms with Crippen molar-refractivity contribution >= 4 is 34.0 Å². The molecule has 0 amide bonds. The predicted molar refractivity (Wildman–Crippen MR) is 214 cm³/mol. The molecule has 1 nitrogen and oxygen atoms in total. The molecule has 1 heteroatoms. The molecular formula is C49H39N. The Hall–Kier alpha value is -5.92. The van der Waals surface area contributed by atoms with E-state index in [0.29, 0.717) is 0 Å². The second-order valence-electron chi connectivity index (χ2n) is 13.6. The van der Waals surface area contributed by atoms with Crippen molar-refractivity contribution < 1.29 is 0 Å². The second-order valence-corrected chi connectivity index (χ2v) is 13.6. The van der Waals surface area contributed by atoms with Crippen LogP contribution in [0.15, 0.2) is 164 Å². The molecule has 7 aromatic carbocycles. The van der Waals surface area contributed by atoms with Gasteiger partial charge in [0.05, 0.1) is 11.0 Å². The lowest BCUT2D eigenvalue weighted by molar-refractivity contribution is 0.490. The van der Waals surface area contributed by atoms with E-state index >= 15 is 0 Å². The summed E-state index contributed by atoms with van der Waals surface area (Å²) < 4.78 is 2.45. The lowest BCUT2D eigenvalue weighted by Gasteiger charge is -2.30. The molecule has 1 aliphatic rings. The van der Waals surface area contributed by atoms with Crippen molar-refractivity contribution in [2.75, 3.05) is 0 Å². The van der Waals surface area contributed by atoms with Crippen molar-refractivity contribution in [2.24, 2.45) is 0 Å². The summed E-state index contributed by atoms with van der Waals surface area (Å²) in [7, 11) is 0. The van der Waals surface area contributed by atoms with Gasteiger partial charge in [-0.2, -0.15) is 0 Å². The first kappa shape index (κ1) is 30.2. The van der Waals surface area contributed by atoms with Crippen LogP contribution in [0.25, 0.3) is 73.0 Å². The third-order valence-electron chi connectivity index (χ3n) is 11.1. The van der Waals surface area contributed by atoms with Crippen LogP contribution in [0.4, 0.5) is 0 Å². The topological polar surface area (TPSA) is 4.93 Å². The quantitative estimate of drug-likeness (QED) is 0.153. The highest BCUT2D eigenvalue weighted by atomic mass is 15.0. The Bertz CT molecular complexity index is 2470. The van der Waals surface area contributed by atoms with Crippen LogP contribution < -0.4 is 0 Å². The molecule has 0 atom stereocenters.